The predicted octanol–water partition coefficient (Wildman–Crippen LogP) is 6.39. The quantitative estimate of drug-likeness (QED) is 0.314. The molecule has 0 N–H and O–H groups in total. The van der Waals surface area contributed by atoms with E-state index in [1.165, 1.54) is 5.56 Å². The van der Waals surface area contributed by atoms with Gasteiger partial charge in [0, 0.05) is 6.54 Å². The molecule has 5 aromatic rings. The second-order valence-corrected chi connectivity index (χ2v) is 7.62. The van der Waals surface area contributed by atoms with Gasteiger partial charge in [-0.25, -0.2) is 4.98 Å². The van der Waals surface area contributed by atoms with Gasteiger partial charge >= 0.3 is 0 Å². The molecule has 1 atom stereocenters. The Balaban J connectivity index is 1.59. The van der Waals surface area contributed by atoms with Crippen molar-refractivity contribution in [1.29, 1.82) is 0 Å². The first kappa shape index (κ1) is 19.3. The number of para-hydroxylation sites is 2. The Bertz CT molecular complexity index is 1250. The van der Waals surface area contributed by atoms with Crippen molar-refractivity contribution in [2.45, 2.75) is 19.3 Å². The molecule has 1 unspecified atom stereocenters. The number of hydrogen-bond acceptors (Lipinski definition) is 2. The van der Waals surface area contributed by atoms with E-state index in [1.54, 1.807) is 0 Å². The van der Waals surface area contributed by atoms with Gasteiger partial charge in [0.25, 0.3) is 0 Å². The molecule has 0 aliphatic heterocycles. The van der Waals surface area contributed by atoms with Crippen molar-refractivity contribution in [3.05, 3.63) is 138 Å². The minimum atomic E-state index is -0.266. The molecule has 1 aromatic heterocycles. The molecule has 0 bridgehead atoms. The summed E-state index contributed by atoms with van der Waals surface area (Å²) < 4.78 is 8.81. The van der Waals surface area contributed by atoms with Gasteiger partial charge in [0.15, 0.2) is 0 Å². The minimum Gasteiger partial charge on any atom is -0.361 e. The maximum absolute atomic E-state index is 6.52. The van der Waals surface area contributed by atoms with Crippen molar-refractivity contribution in [3.8, 4) is 0 Å². The van der Waals surface area contributed by atoms with Gasteiger partial charge in [-0.1, -0.05) is 103 Å². The Labute approximate surface area is 182 Å². The number of imidazole rings is 1. The molecule has 31 heavy (non-hydrogen) atoms. The van der Waals surface area contributed by atoms with E-state index in [0.717, 1.165) is 34.5 Å². The lowest BCUT2D eigenvalue weighted by Gasteiger charge is -2.20. The average Bonchev–Trinajstić information content (AvgIpc) is 3.19. The summed E-state index contributed by atoms with van der Waals surface area (Å²) in [6, 6.07) is 39.5. The third kappa shape index (κ3) is 4.27. The number of fused-ring (bicyclic) bond motifs is 1. The second-order valence-electron chi connectivity index (χ2n) is 7.62. The Morgan fingerprint density at radius 1 is 0.645 bits per heavy atom. The highest BCUT2D eigenvalue weighted by Gasteiger charge is 2.23. The van der Waals surface area contributed by atoms with Gasteiger partial charge < -0.3 is 9.30 Å². The molecule has 0 saturated carbocycles. The molecular formula is C28H24N2O. The fourth-order valence-electron chi connectivity index (χ4n) is 3.93. The summed E-state index contributed by atoms with van der Waals surface area (Å²) >= 11 is 0. The molecule has 0 spiro atoms. The van der Waals surface area contributed by atoms with Crippen LogP contribution in [0.2, 0.25) is 0 Å². The molecule has 0 saturated heterocycles. The molecule has 0 radical (unpaired) electrons. The molecule has 0 fully saturated rings. The Morgan fingerprint density at radius 3 is 1.94 bits per heavy atom. The largest absolute Gasteiger partial charge is 0.361 e. The van der Waals surface area contributed by atoms with Crippen molar-refractivity contribution >= 4 is 11.0 Å². The summed E-state index contributed by atoms with van der Waals surface area (Å²) in [6.07, 6.45) is -0.266. The normalized spacial score (nSPS) is 12.1. The van der Waals surface area contributed by atoms with Crippen molar-refractivity contribution < 1.29 is 4.74 Å². The van der Waals surface area contributed by atoms with Gasteiger partial charge in [0.05, 0.1) is 17.6 Å². The van der Waals surface area contributed by atoms with Gasteiger partial charge in [-0.2, -0.15) is 0 Å². The molecule has 0 amide bonds. The Morgan fingerprint density at radius 2 is 1.23 bits per heavy atom. The van der Waals surface area contributed by atoms with E-state index in [2.05, 4.69) is 83.4 Å². The minimum absolute atomic E-state index is 0.266. The maximum atomic E-state index is 6.52. The van der Waals surface area contributed by atoms with Crippen LogP contribution in [-0.4, -0.2) is 9.55 Å². The molecule has 4 aromatic carbocycles. The van der Waals surface area contributed by atoms with E-state index in [1.807, 2.05) is 36.4 Å². The average molecular weight is 405 g/mol. The fraction of sp³-hybridized carbons (Fsp3) is 0.107. The zero-order chi connectivity index (χ0) is 20.9. The molecule has 152 valence electrons. The number of hydrogen-bond donors (Lipinski definition) is 0. The lowest BCUT2D eigenvalue weighted by molar-refractivity contribution is 0.0593. The van der Waals surface area contributed by atoms with Crippen molar-refractivity contribution in [3.63, 3.8) is 0 Å². The summed E-state index contributed by atoms with van der Waals surface area (Å²) in [5, 5.41) is 0. The molecule has 3 nitrogen and oxygen atoms in total. The fourth-order valence-corrected chi connectivity index (χ4v) is 3.93. The Hall–Kier alpha value is -3.69. The van der Waals surface area contributed by atoms with E-state index in [9.17, 15) is 0 Å². The van der Waals surface area contributed by atoms with Crippen LogP contribution in [0.5, 0.6) is 0 Å². The molecular weight excluding hydrogens is 380 g/mol. The summed E-state index contributed by atoms with van der Waals surface area (Å²) in [4.78, 5) is 5.04. The van der Waals surface area contributed by atoms with Crippen molar-refractivity contribution in [2.24, 2.45) is 0 Å². The lowest BCUT2D eigenvalue weighted by atomic mass is 10.1. The molecule has 3 heteroatoms. The highest BCUT2D eigenvalue weighted by Crippen LogP contribution is 2.30. The van der Waals surface area contributed by atoms with Gasteiger partial charge in [-0.3, -0.25) is 0 Å². The second kappa shape index (κ2) is 8.99. The van der Waals surface area contributed by atoms with E-state index >= 15 is 0 Å². The van der Waals surface area contributed by atoms with E-state index in [4.69, 9.17) is 9.72 Å². The maximum Gasteiger partial charge on any atom is 0.144 e. The summed E-state index contributed by atoms with van der Waals surface area (Å²) in [6.45, 7) is 1.27. The lowest BCUT2D eigenvalue weighted by Crippen LogP contribution is -2.14. The van der Waals surface area contributed by atoms with Crippen molar-refractivity contribution in [1.82, 2.24) is 9.55 Å². The Kier molecular flexibility index (Phi) is 5.59. The SMILES string of the molecule is c1ccc(COC(c2ccccc2)c2nc3ccccc3n2Cc2ccccc2)cc1. The number of nitrogens with zero attached hydrogens (tertiary/aromatic N) is 2. The van der Waals surface area contributed by atoms with Gasteiger partial charge in [-0.05, 0) is 28.8 Å². The highest BCUT2D eigenvalue weighted by molar-refractivity contribution is 5.76. The van der Waals surface area contributed by atoms with Crippen LogP contribution in [0.4, 0.5) is 0 Å². The molecule has 0 aliphatic carbocycles. The monoisotopic (exact) mass is 404 g/mol. The first-order chi connectivity index (χ1) is 15.4. The zero-order valence-corrected chi connectivity index (χ0v) is 17.3. The topological polar surface area (TPSA) is 27.1 Å². The van der Waals surface area contributed by atoms with Gasteiger partial charge in [0.2, 0.25) is 0 Å². The zero-order valence-electron chi connectivity index (χ0n) is 17.3. The van der Waals surface area contributed by atoms with Crippen LogP contribution in [0.1, 0.15) is 28.6 Å². The third-order valence-corrected chi connectivity index (χ3v) is 5.46. The van der Waals surface area contributed by atoms with Crippen LogP contribution >= 0.6 is 0 Å². The molecule has 1 heterocycles. The number of aromatic nitrogens is 2. The van der Waals surface area contributed by atoms with Crippen LogP contribution in [0.3, 0.4) is 0 Å². The standard InChI is InChI=1S/C28H24N2O/c1-4-12-22(13-5-1)20-30-26-19-11-10-18-25(26)29-28(30)27(24-16-8-3-9-17-24)31-21-23-14-6-2-7-15-23/h1-19,27H,20-21H2. The van der Waals surface area contributed by atoms with E-state index in [0.29, 0.717) is 6.61 Å². The smallest absolute Gasteiger partial charge is 0.144 e. The summed E-state index contributed by atoms with van der Waals surface area (Å²) in [5.41, 5.74) is 5.59. The van der Waals surface area contributed by atoms with Crippen molar-refractivity contribution in [2.75, 3.05) is 0 Å². The number of rotatable bonds is 7. The number of ether oxygens (including phenoxy) is 1. The number of benzene rings is 4. The van der Waals surface area contributed by atoms with Crippen LogP contribution in [-0.2, 0) is 17.9 Å². The first-order valence-electron chi connectivity index (χ1n) is 10.6. The predicted molar refractivity (Wildman–Crippen MR) is 125 cm³/mol. The van der Waals surface area contributed by atoms with Crippen LogP contribution in [0.25, 0.3) is 11.0 Å². The van der Waals surface area contributed by atoms with E-state index < -0.39 is 0 Å². The first-order valence-corrected chi connectivity index (χ1v) is 10.6. The van der Waals surface area contributed by atoms with Crippen LogP contribution in [0, 0.1) is 0 Å². The highest BCUT2D eigenvalue weighted by atomic mass is 16.5. The van der Waals surface area contributed by atoms with Gasteiger partial charge in [0.1, 0.15) is 11.9 Å². The summed E-state index contributed by atoms with van der Waals surface area (Å²) in [7, 11) is 0. The third-order valence-electron chi connectivity index (χ3n) is 5.46. The van der Waals surface area contributed by atoms with Crippen LogP contribution in [0.15, 0.2) is 115 Å². The molecule has 5 rings (SSSR count). The van der Waals surface area contributed by atoms with Gasteiger partial charge in [-0.15, -0.1) is 0 Å². The van der Waals surface area contributed by atoms with E-state index in [-0.39, 0.29) is 6.10 Å². The molecule has 0 aliphatic rings. The van der Waals surface area contributed by atoms with Crippen LogP contribution < -0.4 is 0 Å². The summed E-state index contributed by atoms with van der Waals surface area (Å²) in [5.74, 6) is 0.923.